The summed E-state index contributed by atoms with van der Waals surface area (Å²) in [5.74, 6) is 2.30. The van der Waals surface area contributed by atoms with Crippen molar-refractivity contribution in [2.45, 2.75) is 39.2 Å². The van der Waals surface area contributed by atoms with Crippen molar-refractivity contribution in [2.75, 3.05) is 38.2 Å². The quantitative estimate of drug-likeness (QED) is 0.388. The van der Waals surface area contributed by atoms with Gasteiger partial charge in [-0.25, -0.2) is 4.98 Å². The molecule has 3 heterocycles. The standard InChI is InChI=1S/C27H33N5O2S/c1-5-23-28-27-32(29-23)26(33)25(35-27)24(20-8-6-19(7-9-20)18(2)3)31-16-14-30(15-17-31)21-10-12-22(34-4)13-11-21/h6-13,18,24,33H,5,14-17H2,1-4H3/t24-/m0/s1. The molecule has 2 aromatic carbocycles. The van der Waals surface area contributed by atoms with E-state index in [0.29, 0.717) is 5.92 Å². The zero-order valence-electron chi connectivity index (χ0n) is 20.8. The maximum Gasteiger partial charge on any atom is 0.230 e. The molecule has 0 bridgehead atoms. The Labute approximate surface area is 210 Å². The number of hydrogen-bond acceptors (Lipinski definition) is 7. The van der Waals surface area contributed by atoms with Crippen molar-refractivity contribution in [1.82, 2.24) is 19.5 Å². The number of piperazine rings is 1. The van der Waals surface area contributed by atoms with Gasteiger partial charge in [-0.3, -0.25) is 4.90 Å². The summed E-state index contributed by atoms with van der Waals surface area (Å²) >= 11 is 1.54. The lowest BCUT2D eigenvalue weighted by atomic mass is 9.97. The number of aryl methyl sites for hydroxylation is 1. The highest BCUT2D eigenvalue weighted by atomic mass is 32.1. The summed E-state index contributed by atoms with van der Waals surface area (Å²) in [5.41, 5.74) is 3.70. The van der Waals surface area contributed by atoms with Crippen LogP contribution in [0.5, 0.6) is 11.6 Å². The normalized spacial score (nSPS) is 15.7. The Morgan fingerprint density at radius 2 is 1.63 bits per heavy atom. The fourth-order valence-corrected chi connectivity index (χ4v) is 5.88. The summed E-state index contributed by atoms with van der Waals surface area (Å²) in [5, 5.41) is 15.7. The third-order valence-corrected chi connectivity index (χ3v) is 7.92. The minimum atomic E-state index is -0.0483. The first-order valence-corrected chi connectivity index (χ1v) is 13.1. The molecule has 2 aromatic heterocycles. The van der Waals surface area contributed by atoms with Crippen LogP contribution >= 0.6 is 11.3 Å². The summed E-state index contributed by atoms with van der Waals surface area (Å²) in [6.07, 6.45) is 0.747. The van der Waals surface area contributed by atoms with Gasteiger partial charge in [0.05, 0.1) is 18.0 Å². The monoisotopic (exact) mass is 491 g/mol. The number of nitrogens with zero attached hydrogens (tertiary/aromatic N) is 5. The Morgan fingerprint density at radius 3 is 2.20 bits per heavy atom. The number of methoxy groups -OCH3 is 1. The highest BCUT2D eigenvalue weighted by Crippen LogP contribution is 2.40. The number of rotatable bonds is 7. The molecule has 5 rings (SSSR count). The zero-order chi connectivity index (χ0) is 24.5. The Morgan fingerprint density at radius 1 is 0.971 bits per heavy atom. The van der Waals surface area contributed by atoms with Crippen molar-refractivity contribution in [1.29, 1.82) is 0 Å². The van der Waals surface area contributed by atoms with Gasteiger partial charge < -0.3 is 14.7 Å². The summed E-state index contributed by atoms with van der Waals surface area (Å²) in [6.45, 7) is 10.0. The highest BCUT2D eigenvalue weighted by molar-refractivity contribution is 7.17. The number of fused-ring (bicyclic) bond motifs is 1. The van der Waals surface area contributed by atoms with Gasteiger partial charge in [0.2, 0.25) is 10.8 Å². The first-order chi connectivity index (χ1) is 17.0. The summed E-state index contributed by atoms with van der Waals surface area (Å²) < 4.78 is 6.91. The SMILES string of the molecule is CCc1nc2sc([C@H](c3ccc(C(C)C)cc3)N3CCN(c4ccc(OC)cc4)CC3)c(O)n2n1. The molecule has 35 heavy (non-hydrogen) atoms. The van der Waals surface area contributed by atoms with E-state index in [4.69, 9.17) is 4.74 Å². The van der Waals surface area contributed by atoms with Crippen LogP contribution in [0.4, 0.5) is 5.69 Å². The van der Waals surface area contributed by atoms with Gasteiger partial charge >= 0.3 is 0 Å². The predicted molar refractivity (Wildman–Crippen MR) is 141 cm³/mol. The Bertz CT molecular complexity index is 1270. The first kappa shape index (κ1) is 23.6. The van der Waals surface area contributed by atoms with Crippen LogP contribution in [0.3, 0.4) is 0 Å². The van der Waals surface area contributed by atoms with E-state index in [0.717, 1.165) is 54.0 Å². The van der Waals surface area contributed by atoms with Crippen molar-refractivity contribution in [3.8, 4) is 11.6 Å². The lowest BCUT2D eigenvalue weighted by Crippen LogP contribution is -2.47. The maximum atomic E-state index is 11.2. The van der Waals surface area contributed by atoms with Crippen molar-refractivity contribution in [2.24, 2.45) is 0 Å². The van der Waals surface area contributed by atoms with Crippen molar-refractivity contribution >= 4 is 22.0 Å². The lowest BCUT2D eigenvalue weighted by molar-refractivity contribution is 0.211. The van der Waals surface area contributed by atoms with Crippen LogP contribution < -0.4 is 9.64 Å². The van der Waals surface area contributed by atoms with Crippen molar-refractivity contribution in [3.63, 3.8) is 0 Å². The molecule has 1 fully saturated rings. The molecule has 0 radical (unpaired) electrons. The molecule has 1 aliphatic heterocycles. The molecule has 1 aliphatic rings. The van der Waals surface area contributed by atoms with Crippen molar-refractivity contribution < 1.29 is 9.84 Å². The zero-order valence-corrected chi connectivity index (χ0v) is 21.6. The van der Waals surface area contributed by atoms with Gasteiger partial charge in [-0.1, -0.05) is 56.4 Å². The average Bonchev–Trinajstić information content (AvgIpc) is 3.44. The summed E-state index contributed by atoms with van der Waals surface area (Å²) in [7, 11) is 1.69. The smallest absolute Gasteiger partial charge is 0.230 e. The molecule has 0 aliphatic carbocycles. The molecule has 1 N–H and O–H groups in total. The molecule has 0 spiro atoms. The Balaban J connectivity index is 1.45. The molecule has 184 valence electrons. The van der Waals surface area contributed by atoms with E-state index in [9.17, 15) is 5.11 Å². The maximum absolute atomic E-state index is 11.2. The van der Waals surface area contributed by atoms with Crippen LogP contribution in [0, 0.1) is 0 Å². The second-order valence-corrected chi connectivity index (χ2v) is 10.3. The lowest BCUT2D eigenvalue weighted by Gasteiger charge is -2.40. The highest BCUT2D eigenvalue weighted by Gasteiger charge is 2.32. The van der Waals surface area contributed by atoms with Crippen LogP contribution in [-0.2, 0) is 6.42 Å². The van der Waals surface area contributed by atoms with Crippen molar-refractivity contribution in [3.05, 3.63) is 70.4 Å². The van der Waals surface area contributed by atoms with E-state index in [2.05, 4.69) is 70.1 Å². The van der Waals surface area contributed by atoms with Crippen LogP contribution in [0.15, 0.2) is 48.5 Å². The molecule has 0 unspecified atom stereocenters. The number of anilines is 1. The van der Waals surface area contributed by atoms with Gasteiger partial charge in [-0.05, 0) is 41.3 Å². The van der Waals surface area contributed by atoms with Crippen LogP contribution in [0.2, 0.25) is 0 Å². The number of hydrogen-bond donors (Lipinski definition) is 1. The molecular weight excluding hydrogens is 458 g/mol. The minimum Gasteiger partial charge on any atom is -0.497 e. The number of benzene rings is 2. The largest absolute Gasteiger partial charge is 0.497 e. The second kappa shape index (κ2) is 9.87. The second-order valence-electron chi connectivity index (χ2n) is 9.31. The number of thiazole rings is 1. The van der Waals surface area contributed by atoms with Gasteiger partial charge in [0.15, 0.2) is 5.82 Å². The number of ether oxygens (including phenoxy) is 1. The van der Waals surface area contributed by atoms with E-state index >= 15 is 0 Å². The molecule has 4 aromatic rings. The van der Waals surface area contributed by atoms with Crippen LogP contribution in [-0.4, -0.2) is 57.9 Å². The average molecular weight is 492 g/mol. The third kappa shape index (κ3) is 4.60. The molecular formula is C27H33N5O2S. The third-order valence-electron chi connectivity index (χ3n) is 6.84. The van der Waals surface area contributed by atoms with E-state index in [-0.39, 0.29) is 11.9 Å². The molecule has 1 saturated heterocycles. The fourth-order valence-electron chi connectivity index (χ4n) is 4.74. The van der Waals surface area contributed by atoms with E-state index in [1.54, 1.807) is 11.6 Å². The Kier molecular flexibility index (Phi) is 6.67. The van der Waals surface area contributed by atoms with Crippen LogP contribution in [0.1, 0.15) is 54.6 Å². The molecule has 8 heteroatoms. The molecule has 0 amide bonds. The van der Waals surface area contributed by atoms with Crippen LogP contribution in [0.25, 0.3) is 4.96 Å². The van der Waals surface area contributed by atoms with Gasteiger partial charge in [0, 0.05) is 38.3 Å². The fraction of sp³-hybridized carbons (Fsp3) is 0.407. The first-order valence-electron chi connectivity index (χ1n) is 12.3. The topological polar surface area (TPSA) is 66.1 Å². The molecule has 7 nitrogen and oxygen atoms in total. The minimum absolute atomic E-state index is 0.0483. The van der Waals surface area contributed by atoms with E-state index in [1.807, 2.05) is 19.1 Å². The van der Waals surface area contributed by atoms with Gasteiger partial charge in [-0.15, -0.1) is 5.10 Å². The summed E-state index contributed by atoms with van der Waals surface area (Å²) in [4.78, 5) is 11.1. The van der Waals surface area contributed by atoms with E-state index in [1.165, 1.54) is 28.2 Å². The van der Waals surface area contributed by atoms with E-state index < -0.39 is 0 Å². The summed E-state index contributed by atoms with van der Waals surface area (Å²) in [6, 6.07) is 17.1. The van der Waals surface area contributed by atoms with Gasteiger partial charge in [0.25, 0.3) is 0 Å². The number of aromatic nitrogens is 3. The van der Waals surface area contributed by atoms with Gasteiger partial charge in [-0.2, -0.15) is 4.52 Å². The Hall–Kier alpha value is -3.10. The van der Waals surface area contributed by atoms with Gasteiger partial charge in [0.1, 0.15) is 5.75 Å². The predicted octanol–water partition coefficient (Wildman–Crippen LogP) is 5.10. The molecule has 1 atom stereocenters. The molecule has 0 saturated carbocycles. The number of aromatic hydroxyl groups is 1.